The number of carbonyl (C=O) groups is 1. The SMILES string of the molecule is CCC(C)CCCCNC(=O)CC(C)CC. The minimum Gasteiger partial charge on any atom is -0.356 e. The van der Waals surface area contributed by atoms with E-state index in [0.29, 0.717) is 12.3 Å². The zero-order chi connectivity index (χ0) is 12.4. The second-order valence-corrected chi connectivity index (χ2v) is 5.08. The molecule has 2 atom stereocenters. The first-order chi connectivity index (χ1) is 7.60. The van der Waals surface area contributed by atoms with Gasteiger partial charge in [0.05, 0.1) is 0 Å². The highest BCUT2D eigenvalue weighted by Crippen LogP contribution is 2.10. The van der Waals surface area contributed by atoms with Gasteiger partial charge in [0.25, 0.3) is 0 Å². The van der Waals surface area contributed by atoms with Gasteiger partial charge in [0.2, 0.25) is 5.91 Å². The first-order valence-electron chi connectivity index (χ1n) is 6.86. The van der Waals surface area contributed by atoms with Crippen molar-refractivity contribution in [3.05, 3.63) is 0 Å². The fourth-order valence-electron chi connectivity index (χ4n) is 1.58. The van der Waals surface area contributed by atoms with E-state index in [1.54, 1.807) is 0 Å². The lowest BCUT2D eigenvalue weighted by molar-refractivity contribution is -0.121. The third-order valence-electron chi connectivity index (χ3n) is 3.37. The topological polar surface area (TPSA) is 29.1 Å². The highest BCUT2D eigenvalue weighted by atomic mass is 16.1. The van der Waals surface area contributed by atoms with Crippen LogP contribution in [0.2, 0.25) is 0 Å². The van der Waals surface area contributed by atoms with Gasteiger partial charge < -0.3 is 5.32 Å². The Bertz CT molecular complexity index is 180. The average molecular weight is 227 g/mol. The van der Waals surface area contributed by atoms with Crippen LogP contribution in [0.3, 0.4) is 0 Å². The standard InChI is InChI=1S/C14H29NO/c1-5-12(3)9-7-8-10-15-14(16)11-13(4)6-2/h12-13H,5-11H2,1-4H3,(H,15,16). The molecule has 0 aliphatic rings. The summed E-state index contributed by atoms with van der Waals surface area (Å²) in [4.78, 5) is 11.5. The molecule has 0 aromatic rings. The smallest absolute Gasteiger partial charge is 0.220 e. The van der Waals surface area contributed by atoms with Crippen molar-refractivity contribution >= 4 is 5.91 Å². The molecule has 1 N–H and O–H groups in total. The van der Waals surface area contributed by atoms with E-state index in [-0.39, 0.29) is 5.91 Å². The Morgan fingerprint density at radius 2 is 1.69 bits per heavy atom. The van der Waals surface area contributed by atoms with E-state index in [1.807, 2.05) is 0 Å². The van der Waals surface area contributed by atoms with Gasteiger partial charge >= 0.3 is 0 Å². The van der Waals surface area contributed by atoms with E-state index in [1.165, 1.54) is 19.3 Å². The van der Waals surface area contributed by atoms with Crippen LogP contribution in [0.25, 0.3) is 0 Å². The summed E-state index contributed by atoms with van der Waals surface area (Å²) in [5.74, 6) is 1.56. The number of unbranched alkanes of at least 4 members (excludes halogenated alkanes) is 1. The maximum atomic E-state index is 11.5. The zero-order valence-corrected chi connectivity index (χ0v) is 11.5. The molecule has 0 aromatic heterocycles. The van der Waals surface area contributed by atoms with E-state index in [2.05, 4.69) is 33.0 Å². The second kappa shape index (κ2) is 9.68. The fourth-order valence-corrected chi connectivity index (χ4v) is 1.58. The van der Waals surface area contributed by atoms with Crippen LogP contribution in [-0.4, -0.2) is 12.5 Å². The normalized spacial score (nSPS) is 14.5. The third kappa shape index (κ3) is 8.75. The zero-order valence-electron chi connectivity index (χ0n) is 11.5. The molecule has 0 aliphatic heterocycles. The van der Waals surface area contributed by atoms with Crippen LogP contribution in [-0.2, 0) is 4.79 Å². The van der Waals surface area contributed by atoms with Crippen molar-refractivity contribution in [2.75, 3.05) is 6.54 Å². The molecule has 0 radical (unpaired) electrons. The number of nitrogens with one attached hydrogen (secondary N) is 1. The van der Waals surface area contributed by atoms with E-state index < -0.39 is 0 Å². The molecule has 1 amide bonds. The molecule has 0 saturated heterocycles. The Balaban J connectivity index is 3.34. The van der Waals surface area contributed by atoms with Crippen molar-refractivity contribution in [3.8, 4) is 0 Å². The van der Waals surface area contributed by atoms with Gasteiger partial charge in [-0.25, -0.2) is 0 Å². The van der Waals surface area contributed by atoms with Crippen molar-refractivity contribution in [1.29, 1.82) is 0 Å². The summed E-state index contributed by atoms with van der Waals surface area (Å²) >= 11 is 0. The fraction of sp³-hybridized carbons (Fsp3) is 0.929. The number of carbonyl (C=O) groups excluding carboxylic acids is 1. The first-order valence-corrected chi connectivity index (χ1v) is 6.86. The van der Waals surface area contributed by atoms with Gasteiger partial charge in [-0.2, -0.15) is 0 Å². The van der Waals surface area contributed by atoms with Gasteiger partial charge in [-0.05, 0) is 18.3 Å². The molecule has 0 saturated carbocycles. The lowest BCUT2D eigenvalue weighted by Gasteiger charge is -2.10. The van der Waals surface area contributed by atoms with Crippen LogP contribution in [0.15, 0.2) is 0 Å². The minimum absolute atomic E-state index is 0.220. The molecular formula is C14H29NO. The number of hydrogen-bond donors (Lipinski definition) is 1. The van der Waals surface area contributed by atoms with E-state index >= 15 is 0 Å². The minimum atomic E-state index is 0.220. The van der Waals surface area contributed by atoms with Crippen LogP contribution in [0.4, 0.5) is 0 Å². The van der Waals surface area contributed by atoms with Crippen molar-refractivity contribution in [1.82, 2.24) is 5.32 Å². The van der Waals surface area contributed by atoms with Crippen molar-refractivity contribution in [2.24, 2.45) is 11.8 Å². The first kappa shape index (κ1) is 15.5. The van der Waals surface area contributed by atoms with Crippen LogP contribution in [0.5, 0.6) is 0 Å². The number of amides is 1. The molecule has 2 nitrogen and oxygen atoms in total. The molecule has 0 bridgehead atoms. The Kier molecular flexibility index (Phi) is 9.36. The predicted octanol–water partition coefficient (Wildman–Crippen LogP) is 3.76. The molecule has 2 unspecified atom stereocenters. The largest absolute Gasteiger partial charge is 0.356 e. The third-order valence-corrected chi connectivity index (χ3v) is 3.37. The molecule has 0 fully saturated rings. The number of rotatable bonds is 9. The van der Waals surface area contributed by atoms with Crippen LogP contribution in [0.1, 0.15) is 66.2 Å². The molecule has 0 rings (SSSR count). The molecule has 2 heteroatoms. The summed E-state index contributed by atoms with van der Waals surface area (Å²) in [6.45, 7) is 9.64. The van der Waals surface area contributed by atoms with Gasteiger partial charge in [0.1, 0.15) is 0 Å². The Morgan fingerprint density at radius 1 is 1.06 bits per heavy atom. The van der Waals surface area contributed by atoms with Gasteiger partial charge in [0, 0.05) is 13.0 Å². The Morgan fingerprint density at radius 3 is 2.25 bits per heavy atom. The molecule has 0 heterocycles. The summed E-state index contributed by atoms with van der Waals surface area (Å²) in [6, 6.07) is 0. The maximum Gasteiger partial charge on any atom is 0.220 e. The molecular weight excluding hydrogens is 198 g/mol. The van der Waals surface area contributed by atoms with Crippen molar-refractivity contribution < 1.29 is 4.79 Å². The van der Waals surface area contributed by atoms with Crippen LogP contribution >= 0.6 is 0 Å². The second-order valence-electron chi connectivity index (χ2n) is 5.08. The lowest BCUT2D eigenvalue weighted by Crippen LogP contribution is -2.25. The molecule has 0 aromatic carbocycles. The summed E-state index contributed by atoms with van der Waals surface area (Å²) in [7, 11) is 0. The highest BCUT2D eigenvalue weighted by molar-refractivity contribution is 5.76. The quantitative estimate of drug-likeness (QED) is 0.597. The monoisotopic (exact) mass is 227 g/mol. The van der Waals surface area contributed by atoms with Gasteiger partial charge in [0.15, 0.2) is 0 Å². The van der Waals surface area contributed by atoms with Crippen molar-refractivity contribution in [2.45, 2.75) is 66.2 Å². The molecule has 0 spiro atoms. The van der Waals surface area contributed by atoms with E-state index in [9.17, 15) is 4.79 Å². The summed E-state index contributed by atoms with van der Waals surface area (Å²) in [5, 5.41) is 3.00. The maximum absolute atomic E-state index is 11.5. The lowest BCUT2D eigenvalue weighted by atomic mass is 10.0. The predicted molar refractivity (Wildman–Crippen MR) is 70.4 cm³/mol. The van der Waals surface area contributed by atoms with Crippen LogP contribution in [0, 0.1) is 11.8 Å². The van der Waals surface area contributed by atoms with E-state index in [4.69, 9.17) is 0 Å². The summed E-state index contributed by atoms with van der Waals surface area (Å²) in [5.41, 5.74) is 0. The number of hydrogen-bond acceptors (Lipinski definition) is 1. The van der Waals surface area contributed by atoms with Crippen molar-refractivity contribution in [3.63, 3.8) is 0 Å². The Labute approximate surface area is 101 Å². The average Bonchev–Trinajstić information content (AvgIpc) is 2.27. The van der Waals surface area contributed by atoms with E-state index in [0.717, 1.165) is 25.3 Å². The van der Waals surface area contributed by atoms with Gasteiger partial charge in [-0.3, -0.25) is 4.79 Å². The van der Waals surface area contributed by atoms with Crippen LogP contribution < -0.4 is 5.32 Å². The Hall–Kier alpha value is -0.530. The molecule has 16 heavy (non-hydrogen) atoms. The highest BCUT2D eigenvalue weighted by Gasteiger charge is 2.06. The summed E-state index contributed by atoms with van der Waals surface area (Å²) in [6.07, 6.45) is 6.68. The summed E-state index contributed by atoms with van der Waals surface area (Å²) < 4.78 is 0. The van der Waals surface area contributed by atoms with Gasteiger partial charge in [-0.1, -0.05) is 53.4 Å². The molecule has 96 valence electrons. The van der Waals surface area contributed by atoms with Gasteiger partial charge in [-0.15, -0.1) is 0 Å². The molecule has 0 aliphatic carbocycles.